The molecule has 4 amide bonds. The molecule has 1 atom stereocenters. The number of amides is 4. The number of hydrogen-bond acceptors (Lipinski definition) is 4. The van der Waals surface area contributed by atoms with E-state index in [1.165, 1.54) is 7.11 Å². The Balaban J connectivity index is 1.98. The fourth-order valence-corrected chi connectivity index (χ4v) is 2.35. The fraction of sp³-hybridized carbons (Fsp3) is 0.727. The first-order valence-electron chi connectivity index (χ1n) is 5.94. The molecule has 1 spiro atoms. The van der Waals surface area contributed by atoms with Crippen molar-refractivity contribution < 1.29 is 19.1 Å². The van der Waals surface area contributed by atoms with E-state index in [1.54, 1.807) is 11.8 Å². The summed E-state index contributed by atoms with van der Waals surface area (Å²) in [6.07, 6.45) is 0.394. The van der Waals surface area contributed by atoms with Gasteiger partial charge in [-0.3, -0.25) is 14.9 Å². The number of hydrogen-bond donors (Lipinski definition) is 2. The number of piperidine rings is 1. The maximum atomic E-state index is 11.9. The van der Waals surface area contributed by atoms with Gasteiger partial charge in [0.25, 0.3) is 11.8 Å². The molecule has 100 valence electrons. The van der Waals surface area contributed by atoms with Crippen molar-refractivity contribution in [2.24, 2.45) is 0 Å². The molecule has 0 aromatic rings. The smallest absolute Gasteiger partial charge is 0.322 e. The molecule has 0 aromatic heterocycles. The first-order chi connectivity index (χ1) is 8.48. The third-order valence-corrected chi connectivity index (χ3v) is 3.64. The minimum Gasteiger partial charge on any atom is -0.372 e. The zero-order valence-electron chi connectivity index (χ0n) is 10.5. The van der Waals surface area contributed by atoms with Gasteiger partial charge in [-0.05, 0) is 19.8 Å². The highest BCUT2D eigenvalue weighted by molar-refractivity contribution is 6.07. The Morgan fingerprint density at radius 2 is 2.00 bits per heavy atom. The lowest BCUT2D eigenvalue weighted by molar-refractivity contribution is -0.144. The number of carbonyl (C=O) groups excluding carboxylic acids is 3. The maximum Gasteiger partial charge on any atom is 0.322 e. The van der Waals surface area contributed by atoms with Gasteiger partial charge in [0.05, 0.1) is 0 Å². The second-order valence-corrected chi connectivity index (χ2v) is 4.69. The summed E-state index contributed by atoms with van der Waals surface area (Å²) in [5, 5.41) is 4.89. The topological polar surface area (TPSA) is 87.7 Å². The molecule has 18 heavy (non-hydrogen) atoms. The highest BCUT2D eigenvalue weighted by Crippen LogP contribution is 2.25. The zero-order valence-corrected chi connectivity index (χ0v) is 10.5. The van der Waals surface area contributed by atoms with Crippen molar-refractivity contribution in [3.05, 3.63) is 0 Å². The molecule has 0 aliphatic carbocycles. The summed E-state index contributed by atoms with van der Waals surface area (Å²) in [5.41, 5.74) is -0.829. The number of likely N-dealkylation sites (tertiary alicyclic amines) is 1. The summed E-state index contributed by atoms with van der Waals surface area (Å²) in [5.74, 6) is -0.378. The number of ether oxygens (including phenoxy) is 1. The van der Waals surface area contributed by atoms with E-state index in [4.69, 9.17) is 4.74 Å². The Morgan fingerprint density at radius 1 is 1.39 bits per heavy atom. The average molecular weight is 255 g/mol. The monoisotopic (exact) mass is 255 g/mol. The molecule has 2 aliphatic rings. The van der Waals surface area contributed by atoms with Crippen LogP contribution in [0.4, 0.5) is 4.79 Å². The standard InChI is InChI=1S/C11H17N3O4/c1-7(18-2)8(15)14-5-3-11(4-6-14)9(16)12-10(17)13-11/h7H,3-6H2,1-2H3,(H2,12,13,16,17). The van der Waals surface area contributed by atoms with E-state index in [-0.39, 0.29) is 11.8 Å². The summed E-state index contributed by atoms with van der Waals surface area (Å²) >= 11 is 0. The second kappa shape index (κ2) is 4.56. The van der Waals surface area contributed by atoms with Gasteiger partial charge < -0.3 is 15.0 Å². The molecule has 0 radical (unpaired) electrons. The van der Waals surface area contributed by atoms with Gasteiger partial charge in [0.1, 0.15) is 11.6 Å². The molecule has 1 unspecified atom stereocenters. The minimum atomic E-state index is -0.829. The van der Waals surface area contributed by atoms with Crippen LogP contribution in [0, 0.1) is 0 Å². The van der Waals surface area contributed by atoms with Crippen molar-refractivity contribution in [2.45, 2.75) is 31.4 Å². The lowest BCUT2D eigenvalue weighted by Gasteiger charge is -2.37. The largest absolute Gasteiger partial charge is 0.372 e. The number of imide groups is 1. The quantitative estimate of drug-likeness (QED) is 0.634. The SMILES string of the molecule is COC(C)C(=O)N1CCC2(CC1)NC(=O)NC2=O. The third-order valence-electron chi connectivity index (χ3n) is 3.64. The van der Waals surface area contributed by atoms with Crippen molar-refractivity contribution in [3.8, 4) is 0 Å². The Hall–Kier alpha value is -1.63. The minimum absolute atomic E-state index is 0.0860. The molecule has 2 rings (SSSR count). The van der Waals surface area contributed by atoms with Crippen LogP contribution in [-0.2, 0) is 14.3 Å². The predicted molar refractivity (Wildman–Crippen MR) is 61.7 cm³/mol. The zero-order chi connectivity index (χ0) is 13.3. The lowest BCUT2D eigenvalue weighted by atomic mass is 9.87. The molecule has 0 aromatic carbocycles. The van der Waals surface area contributed by atoms with Crippen molar-refractivity contribution in [3.63, 3.8) is 0 Å². The van der Waals surface area contributed by atoms with Crippen molar-refractivity contribution in [2.75, 3.05) is 20.2 Å². The van der Waals surface area contributed by atoms with Crippen LogP contribution in [0.2, 0.25) is 0 Å². The van der Waals surface area contributed by atoms with Crippen LogP contribution in [0.25, 0.3) is 0 Å². The van der Waals surface area contributed by atoms with E-state index in [2.05, 4.69) is 10.6 Å². The van der Waals surface area contributed by atoms with Crippen molar-refractivity contribution >= 4 is 17.8 Å². The van der Waals surface area contributed by atoms with E-state index in [0.717, 1.165) is 0 Å². The second-order valence-electron chi connectivity index (χ2n) is 4.69. The van der Waals surface area contributed by atoms with Crippen molar-refractivity contribution in [1.82, 2.24) is 15.5 Å². The van der Waals surface area contributed by atoms with Gasteiger partial charge in [-0.25, -0.2) is 4.79 Å². The Labute approximate surface area is 105 Å². The van der Waals surface area contributed by atoms with Crippen LogP contribution in [0.15, 0.2) is 0 Å². The fourth-order valence-electron chi connectivity index (χ4n) is 2.35. The molecule has 2 saturated heterocycles. The van der Waals surface area contributed by atoms with Crippen LogP contribution in [0.3, 0.4) is 0 Å². The molecule has 2 fully saturated rings. The van der Waals surface area contributed by atoms with Crippen LogP contribution in [0.5, 0.6) is 0 Å². The van der Waals surface area contributed by atoms with E-state index in [1.807, 2.05) is 0 Å². The number of methoxy groups -OCH3 is 1. The maximum absolute atomic E-state index is 11.9. The average Bonchev–Trinajstić information content (AvgIpc) is 2.63. The number of carbonyl (C=O) groups is 3. The Morgan fingerprint density at radius 3 is 2.44 bits per heavy atom. The van der Waals surface area contributed by atoms with Gasteiger partial charge in [-0.2, -0.15) is 0 Å². The van der Waals surface area contributed by atoms with Gasteiger partial charge in [-0.1, -0.05) is 0 Å². The van der Waals surface area contributed by atoms with E-state index in [9.17, 15) is 14.4 Å². The molecule has 7 nitrogen and oxygen atoms in total. The van der Waals surface area contributed by atoms with Gasteiger partial charge in [-0.15, -0.1) is 0 Å². The molecule has 0 saturated carbocycles. The lowest BCUT2D eigenvalue weighted by Crippen LogP contribution is -2.56. The highest BCUT2D eigenvalue weighted by atomic mass is 16.5. The molecular weight excluding hydrogens is 238 g/mol. The van der Waals surface area contributed by atoms with E-state index >= 15 is 0 Å². The van der Waals surface area contributed by atoms with E-state index in [0.29, 0.717) is 25.9 Å². The number of nitrogens with zero attached hydrogens (tertiary/aromatic N) is 1. The summed E-state index contributed by atoms with van der Waals surface area (Å²) in [4.78, 5) is 36.4. The summed E-state index contributed by atoms with van der Waals surface area (Å²) in [6, 6.07) is -0.454. The molecule has 7 heteroatoms. The van der Waals surface area contributed by atoms with Crippen molar-refractivity contribution in [1.29, 1.82) is 0 Å². The molecule has 2 N–H and O–H groups in total. The summed E-state index contributed by atoms with van der Waals surface area (Å²) in [6.45, 7) is 2.58. The molecule has 0 bridgehead atoms. The highest BCUT2D eigenvalue weighted by Gasteiger charge is 2.48. The van der Waals surface area contributed by atoms with E-state index < -0.39 is 17.7 Å². The predicted octanol–water partition coefficient (Wildman–Crippen LogP) is -0.778. The van der Waals surface area contributed by atoms with Gasteiger partial charge in [0.2, 0.25) is 0 Å². The normalized spacial score (nSPS) is 23.8. The number of rotatable bonds is 2. The van der Waals surface area contributed by atoms with Crippen LogP contribution < -0.4 is 10.6 Å². The van der Waals surface area contributed by atoms with Crippen LogP contribution >= 0.6 is 0 Å². The van der Waals surface area contributed by atoms with Gasteiger partial charge in [0, 0.05) is 20.2 Å². The molecule has 2 heterocycles. The third kappa shape index (κ3) is 2.05. The van der Waals surface area contributed by atoms with Crippen LogP contribution in [-0.4, -0.2) is 54.6 Å². The Bertz CT molecular complexity index is 388. The first-order valence-corrected chi connectivity index (χ1v) is 5.94. The van der Waals surface area contributed by atoms with Crippen LogP contribution in [0.1, 0.15) is 19.8 Å². The molecular formula is C11H17N3O4. The molecule has 2 aliphatic heterocycles. The number of nitrogens with one attached hydrogen (secondary N) is 2. The van der Waals surface area contributed by atoms with Gasteiger partial charge >= 0.3 is 6.03 Å². The van der Waals surface area contributed by atoms with Gasteiger partial charge in [0.15, 0.2) is 0 Å². The Kier molecular flexibility index (Phi) is 3.25. The first kappa shape index (κ1) is 12.8. The number of urea groups is 1. The summed E-state index contributed by atoms with van der Waals surface area (Å²) in [7, 11) is 1.48. The summed E-state index contributed by atoms with van der Waals surface area (Å²) < 4.78 is 4.98.